The van der Waals surface area contributed by atoms with Gasteiger partial charge in [0.1, 0.15) is 0 Å². The molecule has 2 rings (SSSR count). The second-order valence-corrected chi connectivity index (χ2v) is 3.83. The third kappa shape index (κ3) is 1.03. The van der Waals surface area contributed by atoms with Crippen molar-refractivity contribution in [2.24, 2.45) is 21.6 Å². The Morgan fingerprint density at radius 2 is 2.25 bits per heavy atom. The summed E-state index contributed by atoms with van der Waals surface area (Å²) < 4.78 is 0. The van der Waals surface area contributed by atoms with Crippen molar-refractivity contribution in [3.05, 3.63) is 0 Å². The minimum Gasteiger partial charge on any atom is -0.198 e. The molecular weight excluding hydrogens is 150 g/mol. The topological polar surface area (TPSA) is 48.5 Å². The molecule has 12 heavy (non-hydrogen) atoms. The Morgan fingerprint density at radius 1 is 1.33 bits per heavy atom. The normalized spacial score (nSPS) is 40.1. The zero-order chi connectivity index (χ0) is 8.44. The van der Waals surface area contributed by atoms with Crippen LogP contribution in [-0.2, 0) is 0 Å². The largest absolute Gasteiger partial charge is 0.198 e. The van der Waals surface area contributed by atoms with E-state index in [-0.39, 0.29) is 5.41 Å². The Hall–Kier alpha value is -0.910. The van der Waals surface area contributed by atoms with Crippen molar-refractivity contribution in [2.45, 2.75) is 25.7 Å². The molecule has 0 aromatic carbocycles. The van der Waals surface area contributed by atoms with E-state index in [1.165, 1.54) is 19.3 Å². The summed E-state index contributed by atoms with van der Waals surface area (Å²) in [6, 6.07) is 2.47. The summed E-state index contributed by atoms with van der Waals surface area (Å²) in [5.41, 5.74) is -0.139. The van der Waals surface area contributed by atoms with Crippen LogP contribution < -0.4 is 0 Å². The third-order valence-corrected chi connectivity index (χ3v) is 3.18. The molecule has 0 aromatic heterocycles. The van der Waals surface area contributed by atoms with Gasteiger partial charge >= 0.3 is 0 Å². The van der Waals surface area contributed by atoms with Crippen molar-refractivity contribution in [3.8, 4) is 6.07 Å². The first-order chi connectivity index (χ1) is 5.87. The molecule has 3 nitrogen and oxygen atoms in total. The van der Waals surface area contributed by atoms with E-state index in [2.05, 4.69) is 16.3 Å². The Balaban J connectivity index is 2.24. The summed E-state index contributed by atoms with van der Waals surface area (Å²) in [4.78, 5) is 0. The number of azo groups is 1. The maximum atomic E-state index is 9.13. The van der Waals surface area contributed by atoms with Gasteiger partial charge in [-0.1, -0.05) is 12.8 Å². The molecule has 64 valence electrons. The third-order valence-electron chi connectivity index (χ3n) is 3.18. The molecule has 1 aliphatic carbocycles. The molecule has 1 aliphatic heterocycles. The standard InChI is InChI=1S/C9H13N3/c10-6-9-4-2-1-3-8(9)5-11-12-7-9/h8H,1-5,7H2. The second kappa shape index (κ2) is 2.85. The van der Waals surface area contributed by atoms with Gasteiger partial charge in [0, 0.05) is 5.92 Å². The molecule has 0 bridgehead atoms. The summed E-state index contributed by atoms with van der Waals surface area (Å²) in [5, 5.41) is 17.2. The molecule has 1 saturated carbocycles. The van der Waals surface area contributed by atoms with Crippen molar-refractivity contribution < 1.29 is 0 Å². The van der Waals surface area contributed by atoms with E-state index in [1.54, 1.807) is 0 Å². The number of hydrogen-bond acceptors (Lipinski definition) is 3. The molecule has 0 amide bonds. The smallest absolute Gasteiger partial charge is 0.0833 e. The van der Waals surface area contributed by atoms with Gasteiger partial charge in [0.15, 0.2) is 0 Å². The van der Waals surface area contributed by atoms with Crippen LogP contribution in [0.4, 0.5) is 0 Å². The Bertz CT molecular complexity index is 241. The highest BCUT2D eigenvalue weighted by atomic mass is 15.1. The van der Waals surface area contributed by atoms with Crippen LogP contribution in [0.15, 0.2) is 10.2 Å². The molecule has 0 saturated heterocycles. The number of rotatable bonds is 0. The highest BCUT2D eigenvalue weighted by molar-refractivity contribution is 5.07. The summed E-state index contributed by atoms with van der Waals surface area (Å²) in [5.74, 6) is 0.494. The quantitative estimate of drug-likeness (QED) is 0.539. The van der Waals surface area contributed by atoms with E-state index >= 15 is 0 Å². The van der Waals surface area contributed by atoms with Gasteiger partial charge in [-0.15, -0.1) is 0 Å². The van der Waals surface area contributed by atoms with Gasteiger partial charge in [0.25, 0.3) is 0 Å². The predicted octanol–water partition coefficient (Wildman–Crippen LogP) is 2.15. The van der Waals surface area contributed by atoms with Gasteiger partial charge < -0.3 is 0 Å². The molecule has 3 heteroatoms. The summed E-state index contributed by atoms with van der Waals surface area (Å²) in [6.07, 6.45) is 4.67. The first kappa shape index (κ1) is 7.72. The second-order valence-electron chi connectivity index (χ2n) is 3.83. The van der Waals surface area contributed by atoms with Crippen LogP contribution in [0.1, 0.15) is 25.7 Å². The van der Waals surface area contributed by atoms with Crippen LogP contribution in [0.5, 0.6) is 0 Å². The maximum absolute atomic E-state index is 9.13. The lowest BCUT2D eigenvalue weighted by Gasteiger charge is -2.38. The minimum atomic E-state index is -0.139. The lowest BCUT2D eigenvalue weighted by Crippen LogP contribution is -2.38. The van der Waals surface area contributed by atoms with Crippen molar-refractivity contribution in [3.63, 3.8) is 0 Å². The number of nitriles is 1. The Morgan fingerprint density at radius 3 is 3.00 bits per heavy atom. The SMILES string of the molecule is N#CC12CCCCC1CN=NC2. The fourth-order valence-electron chi connectivity index (χ4n) is 2.30. The van der Waals surface area contributed by atoms with Crippen LogP contribution in [0.25, 0.3) is 0 Å². The van der Waals surface area contributed by atoms with E-state index in [1.807, 2.05) is 0 Å². The van der Waals surface area contributed by atoms with Gasteiger partial charge in [0.2, 0.25) is 0 Å². The number of nitrogens with zero attached hydrogens (tertiary/aromatic N) is 3. The molecular formula is C9H13N3. The summed E-state index contributed by atoms with van der Waals surface area (Å²) in [6.45, 7) is 1.43. The summed E-state index contributed by atoms with van der Waals surface area (Å²) >= 11 is 0. The molecule has 0 aromatic rings. The highest BCUT2D eigenvalue weighted by Gasteiger charge is 2.42. The minimum absolute atomic E-state index is 0.139. The van der Waals surface area contributed by atoms with Crippen molar-refractivity contribution in [1.82, 2.24) is 0 Å². The zero-order valence-corrected chi connectivity index (χ0v) is 7.16. The molecule has 1 heterocycles. The van der Waals surface area contributed by atoms with E-state index in [4.69, 9.17) is 5.26 Å². The molecule has 0 radical (unpaired) electrons. The Kier molecular flexibility index (Phi) is 1.84. The number of hydrogen-bond donors (Lipinski definition) is 0. The molecule has 0 spiro atoms. The fourth-order valence-corrected chi connectivity index (χ4v) is 2.30. The van der Waals surface area contributed by atoms with Crippen LogP contribution in [0, 0.1) is 22.7 Å². The van der Waals surface area contributed by atoms with Gasteiger partial charge in [-0.05, 0) is 12.8 Å². The molecule has 1 fully saturated rings. The van der Waals surface area contributed by atoms with Gasteiger partial charge in [0.05, 0.1) is 24.6 Å². The zero-order valence-electron chi connectivity index (χ0n) is 7.16. The number of fused-ring (bicyclic) bond motifs is 1. The van der Waals surface area contributed by atoms with Crippen LogP contribution >= 0.6 is 0 Å². The van der Waals surface area contributed by atoms with Gasteiger partial charge in [-0.3, -0.25) is 0 Å². The van der Waals surface area contributed by atoms with E-state index in [0.29, 0.717) is 12.5 Å². The summed E-state index contributed by atoms with van der Waals surface area (Å²) in [7, 11) is 0. The van der Waals surface area contributed by atoms with E-state index < -0.39 is 0 Å². The average Bonchev–Trinajstić information content (AvgIpc) is 2.18. The lowest BCUT2D eigenvalue weighted by atomic mass is 9.66. The fraction of sp³-hybridized carbons (Fsp3) is 0.889. The first-order valence-corrected chi connectivity index (χ1v) is 4.62. The van der Waals surface area contributed by atoms with Gasteiger partial charge in [-0.25, -0.2) is 0 Å². The highest BCUT2D eigenvalue weighted by Crippen LogP contribution is 2.43. The first-order valence-electron chi connectivity index (χ1n) is 4.62. The van der Waals surface area contributed by atoms with Crippen molar-refractivity contribution in [2.75, 3.05) is 13.1 Å². The predicted molar refractivity (Wildman–Crippen MR) is 44.6 cm³/mol. The monoisotopic (exact) mass is 163 g/mol. The Labute approximate surface area is 72.5 Å². The molecule has 2 atom stereocenters. The molecule has 2 unspecified atom stereocenters. The van der Waals surface area contributed by atoms with E-state index in [9.17, 15) is 0 Å². The molecule has 0 N–H and O–H groups in total. The van der Waals surface area contributed by atoms with Crippen molar-refractivity contribution >= 4 is 0 Å². The van der Waals surface area contributed by atoms with E-state index in [0.717, 1.165) is 13.0 Å². The van der Waals surface area contributed by atoms with Gasteiger partial charge in [-0.2, -0.15) is 15.5 Å². The van der Waals surface area contributed by atoms with Crippen molar-refractivity contribution in [1.29, 1.82) is 5.26 Å². The lowest BCUT2D eigenvalue weighted by molar-refractivity contribution is 0.153. The molecule has 2 aliphatic rings. The average molecular weight is 163 g/mol. The van der Waals surface area contributed by atoms with Crippen LogP contribution in [0.3, 0.4) is 0 Å². The van der Waals surface area contributed by atoms with Crippen LogP contribution in [-0.4, -0.2) is 13.1 Å². The van der Waals surface area contributed by atoms with Crippen LogP contribution in [0.2, 0.25) is 0 Å². The maximum Gasteiger partial charge on any atom is 0.0833 e.